The van der Waals surface area contributed by atoms with Gasteiger partial charge in [0, 0.05) is 0 Å². The summed E-state index contributed by atoms with van der Waals surface area (Å²) in [5.41, 5.74) is 6.05. The molecular weight excluding hydrogens is 300 g/mol. The average Bonchev–Trinajstić information content (AvgIpc) is 2.69. The third-order valence-electron chi connectivity index (χ3n) is 6.68. The summed E-state index contributed by atoms with van der Waals surface area (Å²) in [6.45, 7) is 7.05. The Morgan fingerprint density at radius 2 is 1.36 bits per heavy atom. The molecule has 0 aromatic heterocycles. The Kier molecular flexibility index (Phi) is 6.57. The summed E-state index contributed by atoms with van der Waals surface area (Å²) in [6.07, 6.45) is 16.9. The summed E-state index contributed by atoms with van der Waals surface area (Å²) < 4.78 is 0. The van der Waals surface area contributed by atoms with Crippen LogP contribution in [0.3, 0.4) is 0 Å². The van der Waals surface area contributed by atoms with Crippen LogP contribution < -0.4 is 0 Å². The molecule has 2 aliphatic carbocycles. The Hall–Kier alpha value is -1.30. The summed E-state index contributed by atoms with van der Waals surface area (Å²) in [5.74, 6) is 2.71. The molecule has 0 aliphatic heterocycles. The first-order valence-corrected chi connectivity index (χ1v) is 10.7. The lowest BCUT2D eigenvalue weighted by Gasteiger charge is -2.25. The molecule has 1 aromatic carbocycles. The minimum absolute atomic E-state index is 0.885. The van der Waals surface area contributed by atoms with E-state index in [0.29, 0.717) is 0 Å². The van der Waals surface area contributed by atoms with Gasteiger partial charge in [-0.15, -0.1) is 0 Å². The Morgan fingerprint density at radius 1 is 0.840 bits per heavy atom. The molecule has 0 heterocycles. The van der Waals surface area contributed by atoms with E-state index in [1.165, 1.54) is 68.9 Å². The summed E-state index contributed by atoms with van der Waals surface area (Å²) in [4.78, 5) is 0. The van der Waals surface area contributed by atoms with Gasteiger partial charge in [-0.25, -0.2) is 0 Å². The Morgan fingerprint density at radius 3 is 1.76 bits per heavy atom. The smallest absolute Gasteiger partial charge is 0.0227 e. The molecule has 0 bridgehead atoms. The van der Waals surface area contributed by atoms with E-state index < -0.39 is 0 Å². The topological polar surface area (TPSA) is 0 Å². The first kappa shape index (κ1) is 18.5. The summed E-state index contributed by atoms with van der Waals surface area (Å²) in [5, 5.41) is 0. The second-order valence-corrected chi connectivity index (χ2v) is 8.47. The van der Waals surface area contributed by atoms with E-state index in [9.17, 15) is 0 Å². The normalized spacial score (nSPS) is 25.2. The maximum atomic E-state index is 2.53. The van der Waals surface area contributed by atoms with Crippen LogP contribution in [-0.4, -0.2) is 0 Å². The Bertz CT molecular complexity index is 601. The van der Waals surface area contributed by atoms with Crippen molar-refractivity contribution in [3.05, 3.63) is 47.5 Å². The van der Waals surface area contributed by atoms with E-state index in [4.69, 9.17) is 0 Å². The van der Waals surface area contributed by atoms with Crippen molar-refractivity contribution in [2.75, 3.05) is 0 Å². The first-order valence-electron chi connectivity index (χ1n) is 10.7. The molecule has 3 atom stereocenters. The SMILES string of the molecule is CCC(C)CC1CC=C(c2ccc(C3=CCC(CC)CC3)cc2)CC1. The molecule has 25 heavy (non-hydrogen) atoms. The van der Waals surface area contributed by atoms with Crippen LogP contribution in [0.1, 0.15) is 89.7 Å². The summed E-state index contributed by atoms with van der Waals surface area (Å²) in [7, 11) is 0. The minimum atomic E-state index is 0.885. The van der Waals surface area contributed by atoms with Gasteiger partial charge in [-0.2, -0.15) is 0 Å². The van der Waals surface area contributed by atoms with E-state index in [1.54, 1.807) is 11.1 Å². The van der Waals surface area contributed by atoms with Crippen molar-refractivity contribution in [2.24, 2.45) is 17.8 Å². The second-order valence-electron chi connectivity index (χ2n) is 8.47. The van der Waals surface area contributed by atoms with Crippen molar-refractivity contribution in [2.45, 2.75) is 78.6 Å². The van der Waals surface area contributed by atoms with Crippen LogP contribution in [0.2, 0.25) is 0 Å². The van der Waals surface area contributed by atoms with Crippen LogP contribution >= 0.6 is 0 Å². The highest BCUT2D eigenvalue weighted by atomic mass is 14.2. The van der Waals surface area contributed by atoms with Gasteiger partial charge in [0.1, 0.15) is 0 Å². The van der Waals surface area contributed by atoms with E-state index in [0.717, 1.165) is 17.8 Å². The lowest BCUT2D eigenvalue weighted by molar-refractivity contribution is 0.362. The van der Waals surface area contributed by atoms with E-state index in [1.807, 2.05) is 0 Å². The average molecular weight is 337 g/mol. The molecule has 0 radical (unpaired) electrons. The highest BCUT2D eigenvalue weighted by molar-refractivity contribution is 5.71. The molecule has 0 spiro atoms. The first-order chi connectivity index (χ1) is 12.2. The molecule has 0 saturated heterocycles. The van der Waals surface area contributed by atoms with E-state index in [2.05, 4.69) is 57.2 Å². The Balaban J connectivity index is 1.61. The van der Waals surface area contributed by atoms with Gasteiger partial charge in [-0.1, -0.05) is 70.0 Å². The lowest BCUT2D eigenvalue weighted by atomic mass is 9.81. The van der Waals surface area contributed by atoms with Crippen molar-refractivity contribution in [3.8, 4) is 0 Å². The zero-order valence-electron chi connectivity index (χ0n) is 16.6. The van der Waals surface area contributed by atoms with Crippen molar-refractivity contribution in [3.63, 3.8) is 0 Å². The van der Waals surface area contributed by atoms with Crippen LogP contribution in [0.4, 0.5) is 0 Å². The van der Waals surface area contributed by atoms with Crippen molar-refractivity contribution in [1.29, 1.82) is 0 Å². The molecule has 2 aliphatic rings. The standard InChI is InChI=1S/C25H36/c1-4-19(3)18-21-8-12-23(13-9-21)25-16-14-24(15-17-25)22-10-6-20(5-2)7-11-22/h10,12,14-17,19-21H,4-9,11,13,18H2,1-3H3. The molecular formula is C25H36. The van der Waals surface area contributed by atoms with Gasteiger partial charge >= 0.3 is 0 Å². The molecule has 0 N–H and O–H groups in total. The van der Waals surface area contributed by atoms with Gasteiger partial charge in [0.15, 0.2) is 0 Å². The highest BCUT2D eigenvalue weighted by Crippen LogP contribution is 2.35. The fourth-order valence-electron chi connectivity index (χ4n) is 4.52. The molecule has 0 amide bonds. The van der Waals surface area contributed by atoms with Crippen LogP contribution in [0.25, 0.3) is 11.1 Å². The summed E-state index contributed by atoms with van der Waals surface area (Å²) in [6, 6.07) is 9.45. The minimum Gasteiger partial charge on any atom is -0.0804 e. The molecule has 136 valence electrons. The fraction of sp³-hybridized carbons (Fsp3) is 0.600. The zero-order valence-corrected chi connectivity index (χ0v) is 16.6. The van der Waals surface area contributed by atoms with Crippen molar-refractivity contribution in [1.82, 2.24) is 0 Å². The summed E-state index contributed by atoms with van der Waals surface area (Å²) >= 11 is 0. The van der Waals surface area contributed by atoms with E-state index >= 15 is 0 Å². The quantitative estimate of drug-likeness (QED) is 0.495. The third-order valence-corrected chi connectivity index (χ3v) is 6.68. The predicted octanol–water partition coefficient (Wildman–Crippen LogP) is 7.90. The fourth-order valence-corrected chi connectivity index (χ4v) is 4.52. The molecule has 3 unspecified atom stereocenters. The van der Waals surface area contributed by atoms with Gasteiger partial charge in [-0.3, -0.25) is 0 Å². The number of rotatable bonds is 6. The van der Waals surface area contributed by atoms with Gasteiger partial charge in [0.05, 0.1) is 0 Å². The van der Waals surface area contributed by atoms with Crippen LogP contribution in [0.5, 0.6) is 0 Å². The number of benzene rings is 1. The monoisotopic (exact) mass is 336 g/mol. The predicted molar refractivity (Wildman–Crippen MR) is 111 cm³/mol. The molecule has 0 saturated carbocycles. The van der Waals surface area contributed by atoms with Gasteiger partial charge in [0.2, 0.25) is 0 Å². The number of hydrogen-bond acceptors (Lipinski definition) is 0. The van der Waals surface area contributed by atoms with Crippen LogP contribution in [-0.2, 0) is 0 Å². The van der Waals surface area contributed by atoms with E-state index in [-0.39, 0.29) is 0 Å². The number of hydrogen-bond donors (Lipinski definition) is 0. The second kappa shape index (κ2) is 8.88. The maximum absolute atomic E-state index is 2.53. The van der Waals surface area contributed by atoms with Gasteiger partial charge < -0.3 is 0 Å². The maximum Gasteiger partial charge on any atom is -0.0227 e. The Labute approximate surface area is 155 Å². The molecule has 0 heteroatoms. The molecule has 0 nitrogen and oxygen atoms in total. The lowest BCUT2D eigenvalue weighted by Crippen LogP contribution is -2.09. The molecule has 3 rings (SSSR count). The highest BCUT2D eigenvalue weighted by Gasteiger charge is 2.18. The van der Waals surface area contributed by atoms with Crippen LogP contribution in [0, 0.1) is 17.8 Å². The van der Waals surface area contributed by atoms with Gasteiger partial charge in [0.25, 0.3) is 0 Å². The number of allylic oxidation sites excluding steroid dienone is 4. The third kappa shape index (κ3) is 4.87. The molecule has 1 aromatic rings. The molecule has 0 fully saturated rings. The van der Waals surface area contributed by atoms with Gasteiger partial charge in [-0.05, 0) is 85.0 Å². The largest absolute Gasteiger partial charge is 0.0804 e. The van der Waals surface area contributed by atoms with Crippen molar-refractivity contribution < 1.29 is 0 Å². The van der Waals surface area contributed by atoms with Crippen LogP contribution in [0.15, 0.2) is 36.4 Å². The van der Waals surface area contributed by atoms with Crippen molar-refractivity contribution >= 4 is 11.1 Å². The zero-order chi connectivity index (χ0) is 17.6.